The Kier molecular flexibility index (Phi) is 5.99. The number of nitrogens with zero attached hydrogens (tertiary/aromatic N) is 4. The van der Waals surface area contributed by atoms with Crippen LogP contribution in [-0.4, -0.2) is 19.7 Å². The van der Waals surface area contributed by atoms with Gasteiger partial charge in [-0.2, -0.15) is 0 Å². The van der Waals surface area contributed by atoms with Gasteiger partial charge in [0.2, 0.25) is 0 Å². The lowest BCUT2D eigenvalue weighted by atomic mass is 10.2. The van der Waals surface area contributed by atoms with E-state index in [-0.39, 0.29) is 5.82 Å². The van der Waals surface area contributed by atoms with Gasteiger partial charge in [-0.15, -0.1) is 21.5 Å². The maximum Gasteiger partial charge on any atom is 0.191 e. The fourth-order valence-electron chi connectivity index (χ4n) is 3.26. The van der Waals surface area contributed by atoms with Gasteiger partial charge in [-0.25, -0.2) is 9.37 Å². The summed E-state index contributed by atoms with van der Waals surface area (Å²) in [6, 6.07) is 16.5. The molecule has 158 valence electrons. The number of hydrogen-bond acceptors (Lipinski definition) is 6. The Hall–Kier alpha value is -2.71. The molecular weight excluding hydrogens is 431 g/mol. The molecule has 0 unspecified atom stereocenters. The first-order valence-electron chi connectivity index (χ1n) is 10.2. The summed E-state index contributed by atoms with van der Waals surface area (Å²) in [4.78, 5) is 4.67. The molecule has 0 amide bonds. The van der Waals surface area contributed by atoms with Crippen LogP contribution < -0.4 is 4.74 Å². The number of thiazole rings is 1. The Labute approximate surface area is 188 Å². The highest BCUT2D eigenvalue weighted by molar-refractivity contribution is 7.98. The van der Waals surface area contributed by atoms with Crippen molar-refractivity contribution in [2.75, 3.05) is 0 Å². The largest absolute Gasteiger partial charge is 0.486 e. The molecule has 2 aromatic heterocycles. The Morgan fingerprint density at radius 1 is 1.06 bits per heavy atom. The standard InChI is InChI=1S/C23H21FN4OS2/c24-18-8-10-20(11-9-18)29-13-21-25-19(14-30-21)15-31-23-27-26-22(17-6-7-17)28(23)12-16-4-2-1-3-5-16/h1-5,8-11,14,17H,6-7,12-13,15H2. The molecule has 5 rings (SSSR count). The third-order valence-corrected chi connectivity index (χ3v) is 6.87. The smallest absolute Gasteiger partial charge is 0.191 e. The van der Waals surface area contributed by atoms with Crippen LogP contribution >= 0.6 is 23.1 Å². The van der Waals surface area contributed by atoms with Crippen molar-refractivity contribution < 1.29 is 9.13 Å². The summed E-state index contributed by atoms with van der Waals surface area (Å²) in [5.74, 6) is 2.73. The average molecular weight is 453 g/mol. The van der Waals surface area contributed by atoms with E-state index < -0.39 is 0 Å². The lowest BCUT2D eigenvalue weighted by Crippen LogP contribution is -2.06. The molecule has 5 nitrogen and oxygen atoms in total. The van der Waals surface area contributed by atoms with Crippen LogP contribution in [0.25, 0.3) is 0 Å². The second kappa shape index (κ2) is 9.20. The molecule has 1 aliphatic rings. The summed E-state index contributed by atoms with van der Waals surface area (Å²) >= 11 is 3.23. The van der Waals surface area contributed by atoms with E-state index in [0.29, 0.717) is 18.3 Å². The van der Waals surface area contributed by atoms with Gasteiger partial charge in [0.05, 0.1) is 12.2 Å². The number of halogens is 1. The monoisotopic (exact) mass is 452 g/mol. The van der Waals surface area contributed by atoms with Crippen LogP contribution in [0, 0.1) is 5.82 Å². The zero-order valence-corrected chi connectivity index (χ0v) is 18.4. The van der Waals surface area contributed by atoms with Crippen molar-refractivity contribution in [2.45, 2.75) is 42.8 Å². The molecule has 0 bridgehead atoms. The van der Waals surface area contributed by atoms with Gasteiger partial charge < -0.3 is 9.30 Å². The summed E-state index contributed by atoms with van der Waals surface area (Å²) in [6.45, 7) is 1.16. The third kappa shape index (κ3) is 5.14. The van der Waals surface area contributed by atoms with Gasteiger partial charge in [-0.1, -0.05) is 42.1 Å². The Bertz CT molecular complexity index is 1140. The van der Waals surface area contributed by atoms with Crippen LogP contribution in [-0.2, 0) is 18.9 Å². The molecule has 2 aromatic carbocycles. The molecule has 0 atom stereocenters. The quantitative estimate of drug-likeness (QED) is 0.306. The van der Waals surface area contributed by atoms with Crippen molar-refractivity contribution in [3.63, 3.8) is 0 Å². The molecular formula is C23H21FN4OS2. The topological polar surface area (TPSA) is 52.8 Å². The van der Waals surface area contributed by atoms with Gasteiger partial charge >= 0.3 is 0 Å². The van der Waals surface area contributed by atoms with Crippen LogP contribution in [0.4, 0.5) is 4.39 Å². The molecule has 1 saturated carbocycles. The fraction of sp³-hybridized carbons (Fsp3) is 0.261. The van der Waals surface area contributed by atoms with Crippen molar-refractivity contribution in [2.24, 2.45) is 0 Å². The molecule has 2 heterocycles. The van der Waals surface area contributed by atoms with Crippen molar-refractivity contribution in [3.8, 4) is 5.75 Å². The highest BCUT2D eigenvalue weighted by Crippen LogP contribution is 2.40. The van der Waals surface area contributed by atoms with Crippen LogP contribution in [0.15, 0.2) is 65.1 Å². The van der Waals surface area contributed by atoms with E-state index in [4.69, 9.17) is 4.74 Å². The Morgan fingerprint density at radius 3 is 2.65 bits per heavy atom. The summed E-state index contributed by atoms with van der Waals surface area (Å²) in [6.07, 6.45) is 2.39. The first-order chi connectivity index (χ1) is 15.2. The molecule has 0 N–H and O–H groups in total. The normalized spacial score (nSPS) is 13.5. The lowest BCUT2D eigenvalue weighted by molar-refractivity contribution is 0.305. The Morgan fingerprint density at radius 2 is 1.87 bits per heavy atom. The molecule has 1 fully saturated rings. The maximum absolute atomic E-state index is 13.0. The average Bonchev–Trinajstić information content (AvgIpc) is 3.41. The number of hydrogen-bond donors (Lipinski definition) is 0. The number of benzene rings is 2. The van der Waals surface area contributed by atoms with Crippen LogP contribution in [0.1, 0.15) is 40.8 Å². The van der Waals surface area contributed by atoms with E-state index in [1.54, 1.807) is 35.2 Å². The summed E-state index contributed by atoms with van der Waals surface area (Å²) in [5.41, 5.74) is 2.25. The van der Waals surface area contributed by atoms with Crippen LogP contribution in [0.5, 0.6) is 5.75 Å². The third-order valence-electron chi connectivity index (χ3n) is 5.00. The zero-order chi connectivity index (χ0) is 21.0. The van der Waals surface area contributed by atoms with Gasteiger partial charge in [0, 0.05) is 17.1 Å². The number of rotatable bonds is 9. The predicted molar refractivity (Wildman–Crippen MR) is 120 cm³/mol. The van der Waals surface area contributed by atoms with Crippen molar-refractivity contribution in [3.05, 3.63) is 87.9 Å². The first-order valence-corrected chi connectivity index (χ1v) is 12.0. The molecule has 8 heteroatoms. The Balaban J connectivity index is 1.22. The minimum absolute atomic E-state index is 0.272. The highest BCUT2D eigenvalue weighted by Gasteiger charge is 2.30. The molecule has 4 aromatic rings. The summed E-state index contributed by atoms with van der Waals surface area (Å²) in [5, 5.41) is 12.8. The second-order valence-electron chi connectivity index (χ2n) is 7.45. The predicted octanol–water partition coefficient (Wildman–Crippen LogP) is 5.67. The van der Waals surface area contributed by atoms with Gasteiger partial charge in [0.25, 0.3) is 0 Å². The van der Waals surface area contributed by atoms with Gasteiger partial charge in [0.15, 0.2) is 5.16 Å². The fourth-order valence-corrected chi connectivity index (χ4v) is 4.91. The maximum atomic E-state index is 13.0. The molecule has 1 aliphatic carbocycles. The van der Waals surface area contributed by atoms with Crippen LogP contribution in [0.2, 0.25) is 0 Å². The number of aromatic nitrogens is 4. The molecule has 31 heavy (non-hydrogen) atoms. The highest BCUT2D eigenvalue weighted by atomic mass is 32.2. The lowest BCUT2D eigenvalue weighted by Gasteiger charge is -2.09. The SMILES string of the molecule is Fc1ccc(OCc2nc(CSc3nnc(C4CC4)n3Cc3ccccc3)cs2)cc1. The van der Waals surface area contributed by atoms with E-state index in [0.717, 1.165) is 34.0 Å². The zero-order valence-electron chi connectivity index (χ0n) is 16.8. The molecule has 0 saturated heterocycles. The number of ether oxygens (including phenoxy) is 1. The van der Waals surface area contributed by atoms with E-state index in [9.17, 15) is 4.39 Å². The van der Waals surface area contributed by atoms with Gasteiger partial charge in [0.1, 0.15) is 29.0 Å². The number of thioether (sulfide) groups is 1. The van der Waals surface area contributed by atoms with Crippen molar-refractivity contribution in [1.82, 2.24) is 19.7 Å². The second-order valence-corrected chi connectivity index (χ2v) is 9.34. The first kappa shape index (κ1) is 20.2. The van der Waals surface area contributed by atoms with Crippen molar-refractivity contribution >= 4 is 23.1 Å². The van der Waals surface area contributed by atoms with Crippen molar-refractivity contribution in [1.29, 1.82) is 0 Å². The summed E-state index contributed by atoms with van der Waals surface area (Å²) in [7, 11) is 0. The van der Waals surface area contributed by atoms with E-state index in [2.05, 4.69) is 49.4 Å². The molecule has 0 aliphatic heterocycles. The van der Waals surface area contributed by atoms with E-state index in [1.807, 2.05) is 6.07 Å². The summed E-state index contributed by atoms with van der Waals surface area (Å²) < 4.78 is 20.9. The van der Waals surface area contributed by atoms with Crippen LogP contribution in [0.3, 0.4) is 0 Å². The van der Waals surface area contributed by atoms with E-state index in [1.165, 1.54) is 30.5 Å². The van der Waals surface area contributed by atoms with E-state index >= 15 is 0 Å². The van der Waals surface area contributed by atoms with Gasteiger partial charge in [-0.3, -0.25) is 0 Å². The van der Waals surface area contributed by atoms with Gasteiger partial charge in [-0.05, 0) is 42.7 Å². The minimum Gasteiger partial charge on any atom is -0.486 e. The minimum atomic E-state index is -0.272. The molecule has 0 radical (unpaired) electrons. The molecule has 0 spiro atoms.